The highest BCUT2D eigenvalue weighted by Crippen LogP contribution is 2.31. The monoisotopic (exact) mass is 620 g/mol. The van der Waals surface area contributed by atoms with Crippen LogP contribution in [0.2, 0.25) is 0 Å². The van der Waals surface area contributed by atoms with Gasteiger partial charge in [-0.15, -0.1) is 0 Å². The van der Waals surface area contributed by atoms with Crippen molar-refractivity contribution in [3.05, 3.63) is 138 Å². The van der Waals surface area contributed by atoms with Gasteiger partial charge in [0.15, 0.2) is 17.2 Å². The molecule has 1 amide bonds. The molecule has 11 heteroatoms. The van der Waals surface area contributed by atoms with Crippen LogP contribution in [0, 0.1) is 6.92 Å². The van der Waals surface area contributed by atoms with E-state index >= 15 is 0 Å². The number of carboxylic acid groups (broad SMARTS) is 1. The number of carbonyl (C=O) groups is 2. The Labute approximate surface area is 269 Å². The molecular formula is C36H28N8O3. The molecule has 0 saturated heterocycles. The van der Waals surface area contributed by atoms with Gasteiger partial charge >= 0.3 is 5.97 Å². The number of nitrogens with zero attached hydrogens (tertiary/aromatic N) is 6. The Morgan fingerprint density at radius 3 is 2.30 bits per heavy atom. The molecule has 3 aromatic carbocycles. The van der Waals surface area contributed by atoms with E-state index in [-0.39, 0.29) is 11.6 Å². The standard InChI is InChI=1S/C36H28N8O3/c1-22-20-31(36(46)47)42-44(22)27-15-11-25(12-16-27)35(45)39-21-23-9-13-26(14-10-23)43-33(28-8-5-19-38-32(28)37)41-30-18-17-29(40-34(30)43)24-6-3-2-4-7-24/h2-20H,21H2,1H3,(H2,37,38)(H,39,45)(H,46,47). The fourth-order valence-electron chi connectivity index (χ4n) is 5.40. The average molecular weight is 621 g/mol. The normalized spacial score (nSPS) is 11.1. The molecule has 0 spiro atoms. The molecule has 230 valence electrons. The molecule has 11 nitrogen and oxygen atoms in total. The van der Waals surface area contributed by atoms with Crippen LogP contribution in [0.25, 0.3) is 45.2 Å². The van der Waals surface area contributed by atoms with Crippen LogP contribution >= 0.6 is 0 Å². The maximum Gasteiger partial charge on any atom is 0.356 e. The number of rotatable bonds is 8. The number of anilines is 1. The van der Waals surface area contributed by atoms with Crippen molar-refractivity contribution in [2.45, 2.75) is 13.5 Å². The number of carbonyl (C=O) groups excluding carboxylic acids is 1. The van der Waals surface area contributed by atoms with E-state index in [1.807, 2.05) is 83.4 Å². The minimum atomic E-state index is -1.10. The molecule has 0 bridgehead atoms. The molecule has 0 aliphatic rings. The van der Waals surface area contributed by atoms with Gasteiger partial charge in [-0.25, -0.2) is 24.4 Å². The van der Waals surface area contributed by atoms with Gasteiger partial charge in [0.2, 0.25) is 0 Å². The highest BCUT2D eigenvalue weighted by atomic mass is 16.4. The largest absolute Gasteiger partial charge is 0.476 e. The highest BCUT2D eigenvalue weighted by molar-refractivity contribution is 5.94. The Morgan fingerprint density at radius 2 is 1.60 bits per heavy atom. The van der Waals surface area contributed by atoms with Gasteiger partial charge in [0.1, 0.15) is 11.3 Å². The van der Waals surface area contributed by atoms with Gasteiger partial charge in [-0.2, -0.15) is 5.10 Å². The lowest BCUT2D eigenvalue weighted by molar-refractivity contribution is 0.0689. The number of aryl methyl sites for hydroxylation is 1. The van der Waals surface area contributed by atoms with E-state index in [0.717, 1.165) is 28.0 Å². The van der Waals surface area contributed by atoms with Crippen LogP contribution in [0.4, 0.5) is 5.82 Å². The van der Waals surface area contributed by atoms with E-state index in [2.05, 4.69) is 15.4 Å². The van der Waals surface area contributed by atoms with Crippen LogP contribution < -0.4 is 11.1 Å². The lowest BCUT2D eigenvalue weighted by atomic mass is 10.1. The van der Waals surface area contributed by atoms with Crippen molar-refractivity contribution in [3.8, 4) is 34.0 Å². The van der Waals surface area contributed by atoms with Crippen molar-refractivity contribution in [2.24, 2.45) is 0 Å². The first-order chi connectivity index (χ1) is 22.9. The summed E-state index contributed by atoms with van der Waals surface area (Å²) in [6, 6.07) is 33.7. The summed E-state index contributed by atoms with van der Waals surface area (Å²) in [4.78, 5) is 38.4. The number of fused-ring (bicyclic) bond motifs is 1. The zero-order valence-electron chi connectivity index (χ0n) is 25.2. The smallest absolute Gasteiger partial charge is 0.356 e. The molecule has 0 unspecified atom stereocenters. The zero-order chi connectivity index (χ0) is 32.5. The molecule has 7 rings (SSSR count). The highest BCUT2D eigenvalue weighted by Gasteiger charge is 2.19. The number of aromatic nitrogens is 6. The topological polar surface area (TPSA) is 154 Å². The van der Waals surface area contributed by atoms with Crippen molar-refractivity contribution in [3.63, 3.8) is 0 Å². The van der Waals surface area contributed by atoms with E-state index < -0.39 is 5.97 Å². The summed E-state index contributed by atoms with van der Waals surface area (Å²) in [5.74, 6) is -0.347. The van der Waals surface area contributed by atoms with Crippen molar-refractivity contribution >= 4 is 28.9 Å². The van der Waals surface area contributed by atoms with Crippen LogP contribution in [0.3, 0.4) is 0 Å². The van der Waals surface area contributed by atoms with Gasteiger partial charge in [0.25, 0.3) is 5.91 Å². The molecule has 4 aromatic heterocycles. The van der Waals surface area contributed by atoms with Gasteiger partial charge < -0.3 is 16.2 Å². The van der Waals surface area contributed by atoms with Crippen LogP contribution in [0.5, 0.6) is 0 Å². The molecule has 0 saturated carbocycles. The summed E-state index contributed by atoms with van der Waals surface area (Å²) in [5, 5.41) is 16.3. The third-order valence-corrected chi connectivity index (χ3v) is 7.78. The molecule has 0 aliphatic heterocycles. The molecule has 0 atom stereocenters. The average Bonchev–Trinajstić information content (AvgIpc) is 3.68. The molecule has 4 heterocycles. The molecule has 0 radical (unpaired) electrons. The number of amides is 1. The first-order valence-corrected chi connectivity index (χ1v) is 14.8. The number of nitrogens with two attached hydrogens (primary N) is 1. The molecule has 7 aromatic rings. The van der Waals surface area contributed by atoms with Gasteiger partial charge in [-0.05, 0) is 79.2 Å². The van der Waals surface area contributed by atoms with Gasteiger partial charge in [-0.1, -0.05) is 42.5 Å². The van der Waals surface area contributed by atoms with Gasteiger partial charge in [-0.3, -0.25) is 9.36 Å². The van der Waals surface area contributed by atoms with Crippen LogP contribution in [0.15, 0.2) is 115 Å². The van der Waals surface area contributed by atoms with Crippen molar-refractivity contribution in [2.75, 3.05) is 5.73 Å². The van der Waals surface area contributed by atoms with Crippen LogP contribution in [-0.2, 0) is 6.54 Å². The number of benzene rings is 3. The quantitative estimate of drug-likeness (QED) is 0.191. The van der Waals surface area contributed by atoms with Crippen molar-refractivity contribution < 1.29 is 14.7 Å². The molecule has 47 heavy (non-hydrogen) atoms. The molecular weight excluding hydrogens is 592 g/mol. The fraction of sp³-hybridized carbons (Fsp3) is 0.0556. The first-order valence-electron chi connectivity index (χ1n) is 14.8. The lowest BCUT2D eigenvalue weighted by Gasteiger charge is -2.12. The predicted octanol–water partition coefficient (Wildman–Crippen LogP) is 5.85. The zero-order valence-corrected chi connectivity index (χ0v) is 25.2. The number of imidazole rings is 1. The Morgan fingerprint density at radius 1 is 0.851 bits per heavy atom. The number of hydrogen-bond acceptors (Lipinski definition) is 7. The third-order valence-electron chi connectivity index (χ3n) is 7.78. The number of nitrogen functional groups attached to an aromatic ring is 1. The van der Waals surface area contributed by atoms with E-state index in [9.17, 15) is 14.7 Å². The minimum absolute atomic E-state index is 0.0396. The maximum atomic E-state index is 13.0. The van der Waals surface area contributed by atoms with Crippen molar-refractivity contribution in [1.82, 2.24) is 34.6 Å². The Balaban J connectivity index is 1.14. The Kier molecular flexibility index (Phi) is 7.46. The molecule has 0 aliphatic carbocycles. The fourth-order valence-corrected chi connectivity index (χ4v) is 5.40. The summed E-state index contributed by atoms with van der Waals surface area (Å²) in [5.41, 5.74) is 13.7. The SMILES string of the molecule is Cc1cc(C(=O)O)nn1-c1ccc(C(=O)NCc2ccc(-n3c(-c4cccnc4N)nc4ccc(-c5ccccc5)nc43)cc2)cc1. The van der Waals surface area contributed by atoms with Crippen LogP contribution in [-0.4, -0.2) is 46.3 Å². The summed E-state index contributed by atoms with van der Waals surface area (Å²) >= 11 is 0. The van der Waals surface area contributed by atoms with E-state index in [0.29, 0.717) is 46.3 Å². The second-order valence-corrected chi connectivity index (χ2v) is 10.9. The van der Waals surface area contributed by atoms with Gasteiger partial charge in [0.05, 0.1) is 16.9 Å². The predicted molar refractivity (Wildman–Crippen MR) is 178 cm³/mol. The summed E-state index contributed by atoms with van der Waals surface area (Å²) in [6.07, 6.45) is 1.65. The van der Waals surface area contributed by atoms with Crippen molar-refractivity contribution in [1.29, 1.82) is 0 Å². The summed E-state index contributed by atoms with van der Waals surface area (Å²) < 4.78 is 3.50. The number of nitrogens with one attached hydrogen (secondary N) is 1. The Bertz CT molecular complexity index is 2260. The van der Waals surface area contributed by atoms with Gasteiger partial charge in [0, 0.05) is 35.2 Å². The maximum absolute atomic E-state index is 13.0. The first kappa shape index (κ1) is 29.1. The lowest BCUT2D eigenvalue weighted by Crippen LogP contribution is -2.22. The number of aromatic carboxylic acids is 1. The second kappa shape index (κ2) is 12.1. The Hall–Kier alpha value is -6.62. The summed E-state index contributed by atoms with van der Waals surface area (Å²) in [6.45, 7) is 2.08. The van der Waals surface area contributed by atoms with E-state index in [1.165, 1.54) is 10.7 Å². The third kappa shape index (κ3) is 5.69. The number of carboxylic acids is 1. The molecule has 0 fully saturated rings. The number of hydrogen-bond donors (Lipinski definition) is 3. The second-order valence-electron chi connectivity index (χ2n) is 10.9. The van der Waals surface area contributed by atoms with E-state index in [4.69, 9.17) is 15.7 Å². The number of pyridine rings is 2. The summed E-state index contributed by atoms with van der Waals surface area (Å²) in [7, 11) is 0. The van der Waals surface area contributed by atoms with Crippen LogP contribution in [0.1, 0.15) is 32.1 Å². The minimum Gasteiger partial charge on any atom is -0.476 e. The van der Waals surface area contributed by atoms with E-state index in [1.54, 1.807) is 37.4 Å². The molecule has 4 N–H and O–H groups in total.